The van der Waals surface area contributed by atoms with Crippen LogP contribution in [0.25, 0.3) is 0 Å². The molecule has 0 unspecified atom stereocenters. The number of thioether (sulfide) groups is 1. The number of nitro benzene ring substituents is 1. The minimum Gasteiger partial charge on any atom is -0.430 e. The SMILES string of the molecule is CSc1nc(NN)cc(Oc2c(Br)cccc2[N+](=O)[O-])n1. The van der Waals surface area contributed by atoms with Crippen molar-refractivity contribution >= 4 is 39.2 Å². The molecule has 0 saturated carbocycles. The van der Waals surface area contributed by atoms with E-state index in [2.05, 4.69) is 31.3 Å². The normalized spacial score (nSPS) is 10.2. The van der Waals surface area contributed by atoms with Gasteiger partial charge in [-0.25, -0.2) is 10.8 Å². The van der Waals surface area contributed by atoms with Crippen LogP contribution in [-0.4, -0.2) is 21.1 Å². The number of nitrogens with one attached hydrogen (secondary N) is 1. The molecule has 0 aliphatic heterocycles. The van der Waals surface area contributed by atoms with Crippen molar-refractivity contribution in [1.82, 2.24) is 9.97 Å². The van der Waals surface area contributed by atoms with Gasteiger partial charge in [-0.3, -0.25) is 10.1 Å². The third-order valence-corrected chi connectivity index (χ3v) is 3.53. The van der Waals surface area contributed by atoms with Gasteiger partial charge >= 0.3 is 5.69 Å². The minimum atomic E-state index is -0.529. The molecule has 0 saturated heterocycles. The number of hydrogen-bond donors (Lipinski definition) is 2. The van der Waals surface area contributed by atoms with Crippen molar-refractivity contribution in [1.29, 1.82) is 0 Å². The smallest absolute Gasteiger partial charge is 0.312 e. The lowest BCUT2D eigenvalue weighted by atomic mass is 10.3. The second-order valence-corrected chi connectivity index (χ2v) is 5.30. The van der Waals surface area contributed by atoms with E-state index >= 15 is 0 Å². The summed E-state index contributed by atoms with van der Waals surface area (Å²) in [5, 5.41) is 11.5. The molecule has 10 heteroatoms. The van der Waals surface area contributed by atoms with Crippen LogP contribution >= 0.6 is 27.7 Å². The van der Waals surface area contributed by atoms with Gasteiger partial charge in [-0.2, -0.15) is 4.98 Å². The zero-order valence-corrected chi connectivity index (χ0v) is 13.1. The fraction of sp³-hybridized carbons (Fsp3) is 0.0909. The average molecular weight is 372 g/mol. The summed E-state index contributed by atoms with van der Waals surface area (Å²) in [6.07, 6.45) is 1.79. The second-order valence-electron chi connectivity index (χ2n) is 3.67. The van der Waals surface area contributed by atoms with E-state index in [4.69, 9.17) is 10.6 Å². The first-order chi connectivity index (χ1) is 10.0. The molecule has 0 atom stereocenters. The van der Waals surface area contributed by atoms with Gasteiger partial charge in [-0.15, -0.1) is 0 Å². The van der Waals surface area contributed by atoms with Crippen molar-refractivity contribution in [2.75, 3.05) is 11.7 Å². The number of hydrazine groups is 1. The first kappa shape index (κ1) is 15.5. The first-order valence-electron chi connectivity index (χ1n) is 5.55. The zero-order valence-electron chi connectivity index (χ0n) is 10.7. The van der Waals surface area contributed by atoms with Crippen LogP contribution in [0, 0.1) is 10.1 Å². The molecule has 0 spiro atoms. The van der Waals surface area contributed by atoms with Crippen molar-refractivity contribution in [3.63, 3.8) is 0 Å². The Morgan fingerprint density at radius 3 is 2.86 bits per heavy atom. The molecule has 0 bridgehead atoms. The number of rotatable bonds is 5. The van der Waals surface area contributed by atoms with Gasteiger partial charge in [0.25, 0.3) is 0 Å². The maximum Gasteiger partial charge on any atom is 0.312 e. The highest BCUT2D eigenvalue weighted by atomic mass is 79.9. The predicted octanol–water partition coefficient (Wildman–Crippen LogP) is 2.95. The number of nitrogen functional groups attached to an aromatic ring is 1. The van der Waals surface area contributed by atoms with Gasteiger partial charge < -0.3 is 10.2 Å². The molecule has 0 aliphatic carbocycles. The van der Waals surface area contributed by atoms with Crippen molar-refractivity contribution in [2.24, 2.45) is 5.84 Å². The Bertz CT molecular complexity index is 663. The maximum atomic E-state index is 11.0. The Balaban J connectivity index is 2.45. The molecule has 1 heterocycles. The van der Waals surface area contributed by atoms with Gasteiger partial charge in [-0.05, 0) is 28.3 Å². The third-order valence-electron chi connectivity index (χ3n) is 2.36. The van der Waals surface area contributed by atoms with Crippen molar-refractivity contribution < 1.29 is 9.66 Å². The molecule has 110 valence electrons. The Kier molecular flexibility index (Phi) is 4.94. The molecule has 0 fully saturated rings. The topological polar surface area (TPSA) is 116 Å². The maximum absolute atomic E-state index is 11.0. The number of hydrogen-bond acceptors (Lipinski definition) is 8. The monoisotopic (exact) mass is 371 g/mol. The highest BCUT2D eigenvalue weighted by Crippen LogP contribution is 2.37. The highest BCUT2D eigenvalue weighted by Gasteiger charge is 2.19. The fourth-order valence-corrected chi connectivity index (χ4v) is 2.28. The van der Waals surface area contributed by atoms with Gasteiger partial charge in [0.15, 0.2) is 5.16 Å². The number of nitrogens with two attached hydrogens (primary N) is 1. The average Bonchev–Trinajstić information content (AvgIpc) is 2.48. The van der Waals surface area contributed by atoms with Crippen LogP contribution in [0.5, 0.6) is 11.6 Å². The Morgan fingerprint density at radius 2 is 2.24 bits per heavy atom. The molecule has 3 N–H and O–H groups in total. The lowest BCUT2D eigenvalue weighted by molar-refractivity contribution is -0.385. The van der Waals surface area contributed by atoms with Crippen molar-refractivity contribution in [2.45, 2.75) is 5.16 Å². The molecule has 0 aliphatic rings. The Morgan fingerprint density at radius 1 is 1.48 bits per heavy atom. The third kappa shape index (κ3) is 3.60. The quantitative estimate of drug-likeness (QED) is 0.271. The zero-order chi connectivity index (χ0) is 15.4. The van der Waals surface area contributed by atoms with Gasteiger partial charge in [0.2, 0.25) is 11.6 Å². The summed E-state index contributed by atoms with van der Waals surface area (Å²) in [5.74, 6) is 5.88. The van der Waals surface area contributed by atoms with Gasteiger partial charge in [-0.1, -0.05) is 17.8 Å². The van der Waals surface area contributed by atoms with E-state index in [0.717, 1.165) is 0 Å². The number of benzene rings is 1. The fourth-order valence-electron chi connectivity index (χ4n) is 1.47. The van der Waals surface area contributed by atoms with E-state index < -0.39 is 4.92 Å². The molecule has 2 aromatic rings. The second kappa shape index (κ2) is 6.70. The minimum absolute atomic E-state index is 0.0659. The van der Waals surface area contributed by atoms with E-state index in [1.807, 2.05) is 0 Å². The van der Waals surface area contributed by atoms with Crippen molar-refractivity contribution in [3.8, 4) is 11.6 Å². The number of halogens is 1. The Hall–Kier alpha value is -1.91. The summed E-state index contributed by atoms with van der Waals surface area (Å²) < 4.78 is 5.99. The van der Waals surface area contributed by atoms with E-state index in [1.54, 1.807) is 18.4 Å². The van der Waals surface area contributed by atoms with Crippen LogP contribution in [0.3, 0.4) is 0 Å². The highest BCUT2D eigenvalue weighted by molar-refractivity contribution is 9.10. The molecule has 1 aromatic heterocycles. The van der Waals surface area contributed by atoms with Crippen LogP contribution in [0.2, 0.25) is 0 Å². The molecular formula is C11H10BrN5O3S. The number of aromatic nitrogens is 2. The van der Waals surface area contributed by atoms with E-state index in [1.165, 1.54) is 23.9 Å². The first-order valence-corrected chi connectivity index (χ1v) is 7.57. The van der Waals surface area contributed by atoms with Gasteiger partial charge in [0.05, 0.1) is 9.40 Å². The van der Waals surface area contributed by atoms with Crippen LogP contribution < -0.4 is 16.0 Å². The van der Waals surface area contributed by atoms with Crippen LogP contribution in [0.4, 0.5) is 11.5 Å². The molecule has 1 aromatic carbocycles. The molecule has 21 heavy (non-hydrogen) atoms. The van der Waals surface area contributed by atoms with Crippen LogP contribution in [0.1, 0.15) is 0 Å². The lowest BCUT2D eigenvalue weighted by Gasteiger charge is -2.09. The largest absolute Gasteiger partial charge is 0.430 e. The number of para-hydroxylation sites is 1. The van der Waals surface area contributed by atoms with E-state index in [0.29, 0.717) is 15.4 Å². The Labute approximate surface area is 132 Å². The van der Waals surface area contributed by atoms with Gasteiger partial charge in [0, 0.05) is 12.1 Å². The molecule has 0 amide bonds. The summed E-state index contributed by atoms with van der Waals surface area (Å²) in [4.78, 5) is 18.7. The van der Waals surface area contributed by atoms with Crippen molar-refractivity contribution in [3.05, 3.63) is 38.9 Å². The number of nitrogens with zero attached hydrogens (tertiary/aromatic N) is 3. The van der Waals surface area contributed by atoms with E-state index in [9.17, 15) is 10.1 Å². The number of nitro groups is 1. The molecule has 8 nitrogen and oxygen atoms in total. The predicted molar refractivity (Wildman–Crippen MR) is 82.5 cm³/mol. The molecule has 0 radical (unpaired) electrons. The summed E-state index contributed by atoms with van der Waals surface area (Å²) in [5.41, 5.74) is 2.22. The van der Waals surface area contributed by atoms with E-state index in [-0.39, 0.29) is 17.3 Å². The lowest BCUT2D eigenvalue weighted by Crippen LogP contribution is -2.09. The standard InChI is InChI=1S/C11H10BrN5O3S/c1-21-11-14-8(16-13)5-9(15-11)20-10-6(12)3-2-4-7(10)17(18)19/h2-5H,13H2,1H3,(H,14,15,16). The van der Waals surface area contributed by atoms with Gasteiger partial charge in [0.1, 0.15) is 5.82 Å². The summed E-state index contributed by atoms with van der Waals surface area (Å²) in [6, 6.07) is 5.98. The summed E-state index contributed by atoms with van der Waals surface area (Å²) >= 11 is 4.52. The summed E-state index contributed by atoms with van der Waals surface area (Å²) in [6.45, 7) is 0. The number of ether oxygens (including phenoxy) is 1. The number of anilines is 1. The molecular weight excluding hydrogens is 362 g/mol. The van der Waals surface area contributed by atoms with Crippen LogP contribution in [-0.2, 0) is 0 Å². The summed E-state index contributed by atoms with van der Waals surface area (Å²) in [7, 11) is 0. The van der Waals surface area contributed by atoms with Crippen LogP contribution in [0.15, 0.2) is 33.9 Å². The molecule has 2 rings (SSSR count).